The van der Waals surface area contributed by atoms with E-state index in [9.17, 15) is 9.59 Å². The highest BCUT2D eigenvalue weighted by Gasteiger charge is 2.18. The molecule has 4 aromatic carbocycles. The number of fused-ring (bicyclic) bond motifs is 1. The second kappa shape index (κ2) is 10.8. The Morgan fingerprint density at radius 1 is 0.737 bits per heavy atom. The number of aryl methyl sites for hydroxylation is 3. The van der Waals surface area contributed by atoms with Gasteiger partial charge in [-0.2, -0.15) is 0 Å². The Kier molecular flexibility index (Phi) is 7.09. The van der Waals surface area contributed by atoms with Crippen LogP contribution in [-0.2, 0) is 13.1 Å². The molecule has 1 heterocycles. The topological polar surface area (TPSA) is 63.1 Å². The molecule has 5 nitrogen and oxygen atoms in total. The number of carbonyl (C=O) groups excluding carboxylic acids is 2. The first-order chi connectivity index (χ1) is 18.4. The van der Waals surface area contributed by atoms with E-state index in [4.69, 9.17) is 0 Å². The van der Waals surface area contributed by atoms with Crippen molar-refractivity contribution in [2.45, 2.75) is 33.9 Å². The number of benzene rings is 4. The van der Waals surface area contributed by atoms with Crippen LogP contribution in [0.4, 0.5) is 5.69 Å². The summed E-state index contributed by atoms with van der Waals surface area (Å²) >= 11 is 0. The van der Waals surface area contributed by atoms with Crippen molar-refractivity contribution in [3.8, 4) is 0 Å². The molecule has 0 aliphatic heterocycles. The van der Waals surface area contributed by atoms with Crippen molar-refractivity contribution < 1.29 is 9.59 Å². The van der Waals surface area contributed by atoms with Gasteiger partial charge >= 0.3 is 0 Å². The van der Waals surface area contributed by atoms with E-state index in [1.165, 1.54) is 11.1 Å². The summed E-state index contributed by atoms with van der Waals surface area (Å²) in [6.45, 7) is 7.18. The predicted octanol–water partition coefficient (Wildman–Crippen LogP) is 6.80. The molecule has 2 N–H and O–H groups in total. The molecule has 2 amide bonds. The van der Waals surface area contributed by atoms with Gasteiger partial charge in [-0.25, -0.2) is 0 Å². The minimum Gasteiger partial charge on any atom is -0.347 e. The van der Waals surface area contributed by atoms with Crippen molar-refractivity contribution >= 4 is 28.4 Å². The van der Waals surface area contributed by atoms with Gasteiger partial charge in [-0.3, -0.25) is 9.59 Å². The van der Waals surface area contributed by atoms with Gasteiger partial charge < -0.3 is 15.2 Å². The SMILES string of the molecule is Cc1ccc(C(=O)Nc2ccc3c(c2)cc(C(=O)NCc2ccccc2)n3Cc2cc(C)ccc2C)cc1. The van der Waals surface area contributed by atoms with Crippen molar-refractivity contribution in [3.63, 3.8) is 0 Å². The Hall–Kier alpha value is -4.64. The summed E-state index contributed by atoms with van der Waals surface area (Å²) in [4.78, 5) is 26.2. The maximum Gasteiger partial charge on any atom is 0.268 e. The van der Waals surface area contributed by atoms with Crippen LogP contribution < -0.4 is 10.6 Å². The fraction of sp³-hybridized carbons (Fsp3) is 0.152. The summed E-state index contributed by atoms with van der Waals surface area (Å²) in [5.74, 6) is -0.305. The number of anilines is 1. The average Bonchev–Trinajstić information content (AvgIpc) is 3.28. The lowest BCUT2D eigenvalue weighted by Crippen LogP contribution is -2.25. The lowest BCUT2D eigenvalue weighted by molar-refractivity contribution is 0.0941. The fourth-order valence-corrected chi connectivity index (χ4v) is 4.63. The second-order valence-electron chi connectivity index (χ2n) is 9.81. The fourth-order valence-electron chi connectivity index (χ4n) is 4.63. The molecule has 0 aliphatic rings. The summed E-state index contributed by atoms with van der Waals surface area (Å²) in [5, 5.41) is 6.95. The molecule has 190 valence electrons. The van der Waals surface area contributed by atoms with Crippen molar-refractivity contribution in [1.29, 1.82) is 0 Å². The van der Waals surface area contributed by atoms with Gasteiger partial charge in [0.15, 0.2) is 0 Å². The Labute approximate surface area is 223 Å². The molecule has 0 atom stereocenters. The predicted molar refractivity (Wildman–Crippen MR) is 154 cm³/mol. The highest BCUT2D eigenvalue weighted by molar-refractivity contribution is 6.06. The summed E-state index contributed by atoms with van der Waals surface area (Å²) < 4.78 is 2.06. The number of hydrogen-bond acceptors (Lipinski definition) is 2. The Morgan fingerprint density at radius 3 is 2.24 bits per heavy atom. The molecule has 38 heavy (non-hydrogen) atoms. The minimum absolute atomic E-state index is 0.138. The quantitative estimate of drug-likeness (QED) is 0.258. The number of hydrogen-bond donors (Lipinski definition) is 2. The standard InChI is InChI=1S/C33H31N3O2/c1-22-10-13-26(14-11-22)32(37)35-29-15-16-30-27(18-29)19-31(33(38)34-20-25-7-5-4-6-8-25)36(30)21-28-17-23(2)9-12-24(28)3/h4-19H,20-21H2,1-3H3,(H,34,38)(H,35,37). The molecule has 5 aromatic rings. The average molecular weight is 502 g/mol. The van der Waals surface area contributed by atoms with Gasteiger partial charge in [0.25, 0.3) is 11.8 Å². The molecule has 0 unspecified atom stereocenters. The maximum absolute atomic E-state index is 13.4. The van der Waals surface area contributed by atoms with E-state index >= 15 is 0 Å². The monoisotopic (exact) mass is 501 g/mol. The normalized spacial score (nSPS) is 10.9. The highest BCUT2D eigenvalue weighted by Crippen LogP contribution is 2.26. The van der Waals surface area contributed by atoms with Crippen LogP contribution in [0.25, 0.3) is 10.9 Å². The van der Waals surface area contributed by atoms with Gasteiger partial charge in [0, 0.05) is 35.2 Å². The van der Waals surface area contributed by atoms with Gasteiger partial charge in [0.2, 0.25) is 0 Å². The van der Waals surface area contributed by atoms with E-state index in [1.54, 1.807) is 0 Å². The van der Waals surface area contributed by atoms with Crippen LogP contribution in [-0.4, -0.2) is 16.4 Å². The zero-order chi connectivity index (χ0) is 26.6. The number of rotatable bonds is 7. The molecule has 0 bridgehead atoms. The third-order valence-corrected chi connectivity index (χ3v) is 6.83. The van der Waals surface area contributed by atoms with Crippen LogP contribution in [0.2, 0.25) is 0 Å². The first-order valence-electron chi connectivity index (χ1n) is 12.8. The zero-order valence-electron chi connectivity index (χ0n) is 21.9. The van der Waals surface area contributed by atoms with Crippen LogP contribution in [0.15, 0.2) is 97.1 Å². The van der Waals surface area contributed by atoms with Crippen LogP contribution in [0, 0.1) is 20.8 Å². The van der Waals surface area contributed by atoms with E-state index < -0.39 is 0 Å². The highest BCUT2D eigenvalue weighted by atomic mass is 16.2. The minimum atomic E-state index is -0.167. The van der Waals surface area contributed by atoms with Crippen molar-refractivity contribution in [1.82, 2.24) is 9.88 Å². The summed E-state index contributed by atoms with van der Waals surface area (Å²) in [5.41, 5.74) is 8.46. The molecular formula is C33H31N3O2. The number of carbonyl (C=O) groups is 2. The number of amides is 2. The van der Waals surface area contributed by atoms with Crippen LogP contribution >= 0.6 is 0 Å². The molecule has 5 rings (SSSR count). The smallest absolute Gasteiger partial charge is 0.268 e. The zero-order valence-corrected chi connectivity index (χ0v) is 21.9. The summed E-state index contributed by atoms with van der Waals surface area (Å²) in [6.07, 6.45) is 0. The number of nitrogens with zero attached hydrogens (tertiary/aromatic N) is 1. The van der Waals surface area contributed by atoms with E-state index in [0.717, 1.165) is 27.6 Å². The molecule has 0 radical (unpaired) electrons. The Bertz CT molecular complexity index is 1620. The van der Waals surface area contributed by atoms with E-state index in [1.807, 2.05) is 85.8 Å². The summed E-state index contributed by atoms with van der Waals surface area (Å²) in [6, 6.07) is 31.4. The number of nitrogens with one attached hydrogen (secondary N) is 2. The molecule has 5 heteroatoms. The Morgan fingerprint density at radius 2 is 1.47 bits per heavy atom. The van der Waals surface area contributed by atoms with Gasteiger partial charge in [-0.05, 0) is 73.9 Å². The van der Waals surface area contributed by atoms with Crippen molar-refractivity contribution in [3.05, 3.63) is 136 Å². The Balaban J connectivity index is 1.48. The molecule has 0 fully saturated rings. The van der Waals surface area contributed by atoms with Gasteiger partial charge in [-0.15, -0.1) is 0 Å². The maximum atomic E-state index is 13.4. The third-order valence-electron chi connectivity index (χ3n) is 6.83. The third kappa shape index (κ3) is 5.52. The molecular weight excluding hydrogens is 470 g/mol. The molecule has 0 saturated carbocycles. The van der Waals surface area contributed by atoms with Crippen molar-refractivity contribution in [2.75, 3.05) is 5.32 Å². The second-order valence-corrected chi connectivity index (χ2v) is 9.81. The van der Waals surface area contributed by atoms with Gasteiger partial charge in [-0.1, -0.05) is 71.8 Å². The number of aromatic nitrogens is 1. The van der Waals surface area contributed by atoms with Crippen LogP contribution in [0.5, 0.6) is 0 Å². The first kappa shape index (κ1) is 25.0. The summed E-state index contributed by atoms with van der Waals surface area (Å²) in [7, 11) is 0. The molecule has 0 saturated heterocycles. The largest absolute Gasteiger partial charge is 0.347 e. The molecule has 0 aliphatic carbocycles. The van der Waals surface area contributed by atoms with E-state index in [2.05, 4.69) is 47.2 Å². The lowest BCUT2D eigenvalue weighted by Gasteiger charge is -2.14. The first-order valence-corrected chi connectivity index (χ1v) is 12.8. The van der Waals surface area contributed by atoms with Gasteiger partial charge in [0.05, 0.1) is 0 Å². The van der Waals surface area contributed by atoms with E-state index in [0.29, 0.717) is 30.0 Å². The molecule has 1 aromatic heterocycles. The van der Waals surface area contributed by atoms with Gasteiger partial charge in [0.1, 0.15) is 5.69 Å². The van der Waals surface area contributed by atoms with Crippen LogP contribution in [0.3, 0.4) is 0 Å². The van der Waals surface area contributed by atoms with Crippen LogP contribution in [0.1, 0.15) is 48.7 Å². The van der Waals surface area contributed by atoms with Crippen molar-refractivity contribution in [2.24, 2.45) is 0 Å². The molecule has 0 spiro atoms. The van der Waals surface area contributed by atoms with E-state index in [-0.39, 0.29) is 11.8 Å². The lowest BCUT2D eigenvalue weighted by atomic mass is 10.1.